The van der Waals surface area contributed by atoms with Gasteiger partial charge in [-0.2, -0.15) is 0 Å². The van der Waals surface area contributed by atoms with Crippen molar-refractivity contribution < 1.29 is 29.7 Å². The number of carbonyl (C=O) groups is 3. The van der Waals surface area contributed by atoms with Crippen molar-refractivity contribution in [1.29, 1.82) is 0 Å². The summed E-state index contributed by atoms with van der Waals surface area (Å²) in [6.07, 6.45) is -0.275. The van der Waals surface area contributed by atoms with Gasteiger partial charge in [-0.15, -0.1) is 0 Å². The molecule has 2 saturated carbocycles. The molecule has 7 fully saturated rings. The van der Waals surface area contributed by atoms with Crippen molar-refractivity contribution in [3.05, 3.63) is 0 Å². The van der Waals surface area contributed by atoms with Gasteiger partial charge in [-0.1, -0.05) is 21.6 Å². The molecule has 152 valence electrons. The highest BCUT2D eigenvalue weighted by Gasteiger charge is 2.79. The summed E-state index contributed by atoms with van der Waals surface area (Å²) in [5.74, 6) is -1.33. The largest absolute Gasteiger partial charge is 0.393 e. The molecule has 2 bridgehead atoms. The van der Waals surface area contributed by atoms with Crippen molar-refractivity contribution in [2.75, 3.05) is 0 Å². The molecule has 8 nitrogen and oxygen atoms in total. The number of Topliss-reactive ketones (excluding diaryl/α,β-unsaturated/α-hetero) is 1. The molecule has 5 aliphatic heterocycles. The Kier molecular flexibility index (Phi) is 3.51. The Labute approximate surface area is 169 Å². The average Bonchev–Trinajstić information content (AvgIpc) is 3.22. The molecular weight excluding hydrogens is 404 g/mol. The fraction of sp³-hybridized carbons (Fsp3) is 0.833. The third-order valence-corrected chi connectivity index (χ3v) is 11.4. The van der Waals surface area contributed by atoms with Gasteiger partial charge in [0.1, 0.15) is 5.78 Å². The molecular formula is C18H22N2O6S2. The number of aliphatic hydroxyl groups excluding tert-OH is 3. The monoisotopic (exact) mass is 426 g/mol. The van der Waals surface area contributed by atoms with Gasteiger partial charge in [-0.05, 0) is 25.7 Å². The smallest absolute Gasteiger partial charge is 0.261 e. The number of carbonyl (C=O) groups excluding carboxylic acids is 3. The van der Waals surface area contributed by atoms with Crippen molar-refractivity contribution in [2.45, 2.75) is 78.7 Å². The Morgan fingerprint density at radius 3 is 2.07 bits per heavy atom. The maximum Gasteiger partial charge on any atom is 0.261 e. The van der Waals surface area contributed by atoms with Gasteiger partial charge in [0.05, 0.1) is 30.4 Å². The summed E-state index contributed by atoms with van der Waals surface area (Å²) >= 11 is 0. The highest BCUT2D eigenvalue weighted by Crippen LogP contribution is 2.70. The van der Waals surface area contributed by atoms with E-state index in [0.29, 0.717) is 25.7 Å². The first-order chi connectivity index (χ1) is 13.3. The first-order valence-electron chi connectivity index (χ1n) is 9.93. The Morgan fingerprint density at radius 2 is 1.36 bits per heavy atom. The number of ketones is 1. The van der Waals surface area contributed by atoms with Gasteiger partial charge in [0, 0.05) is 24.7 Å². The van der Waals surface area contributed by atoms with Crippen LogP contribution < -0.4 is 0 Å². The van der Waals surface area contributed by atoms with Crippen LogP contribution in [0.5, 0.6) is 0 Å². The van der Waals surface area contributed by atoms with Crippen molar-refractivity contribution >= 4 is 39.2 Å². The van der Waals surface area contributed by atoms with Gasteiger partial charge in [0.25, 0.3) is 11.8 Å². The quantitative estimate of drug-likeness (QED) is 0.442. The van der Waals surface area contributed by atoms with E-state index in [1.165, 1.54) is 26.5 Å². The minimum atomic E-state index is -1.20. The van der Waals surface area contributed by atoms with Gasteiger partial charge in [0.15, 0.2) is 9.74 Å². The Bertz CT molecular complexity index is 809. The molecule has 9 atom stereocenters. The number of nitrogens with zero attached hydrogens (tertiary/aromatic N) is 2. The van der Waals surface area contributed by atoms with Crippen molar-refractivity contribution in [2.24, 2.45) is 11.8 Å². The normalized spacial score (nSPS) is 54.5. The Morgan fingerprint density at radius 1 is 0.786 bits per heavy atom. The van der Waals surface area contributed by atoms with Crippen LogP contribution in [0, 0.1) is 11.8 Å². The van der Waals surface area contributed by atoms with Crippen LogP contribution in [0.15, 0.2) is 0 Å². The molecule has 10 heteroatoms. The lowest BCUT2D eigenvalue weighted by atomic mass is 9.80. The van der Waals surface area contributed by atoms with Crippen LogP contribution in [0.25, 0.3) is 0 Å². The zero-order valence-corrected chi connectivity index (χ0v) is 16.7. The van der Waals surface area contributed by atoms with E-state index in [2.05, 4.69) is 0 Å². The van der Waals surface area contributed by atoms with Gasteiger partial charge in [-0.3, -0.25) is 14.4 Å². The second kappa shape index (κ2) is 5.46. The van der Waals surface area contributed by atoms with Crippen LogP contribution >= 0.6 is 21.6 Å². The molecule has 0 radical (unpaired) electrons. The first-order valence-corrected chi connectivity index (χ1v) is 12.1. The van der Waals surface area contributed by atoms with Gasteiger partial charge < -0.3 is 25.1 Å². The number of rotatable bonds is 0. The second-order valence-corrected chi connectivity index (χ2v) is 11.7. The fourth-order valence-corrected chi connectivity index (χ4v) is 10.4. The third-order valence-electron chi connectivity index (χ3n) is 7.80. The van der Waals surface area contributed by atoms with Crippen molar-refractivity contribution in [3.63, 3.8) is 0 Å². The van der Waals surface area contributed by atoms with Crippen molar-refractivity contribution in [1.82, 2.24) is 9.80 Å². The summed E-state index contributed by atoms with van der Waals surface area (Å²) in [5, 5.41) is 31.8. The number of aliphatic hydroxyl groups is 3. The summed E-state index contributed by atoms with van der Waals surface area (Å²) < 4.78 is 0. The molecule has 7 aliphatic rings. The third kappa shape index (κ3) is 1.81. The van der Waals surface area contributed by atoms with Crippen LogP contribution in [0.2, 0.25) is 0 Å². The number of fused-ring (bicyclic) bond motifs is 3. The summed E-state index contributed by atoms with van der Waals surface area (Å²) in [6, 6.07) is -1.22. The molecule has 2 aliphatic carbocycles. The van der Waals surface area contributed by atoms with Gasteiger partial charge in [-0.25, -0.2) is 0 Å². The van der Waals surface area contributed by atoms with E-state index in [4.69, 9.17) is 0 Å². The number of amides is 2. The van der Waals surface area contributed by atoms with E-state index in [9.17, 15) is 29.7 Å². The molecule has 2 spiro atoms. The Hall–Kier alpha value is -0.810. The maximum absolute atomic E-state index is 13.8. The zero-order chi connectivity index (χ0) is 19.6. The minimum Gasteiger partial charge on any atom is -0.393 e. The minimum absolute atomic E-state index is 0.0115. The SMILES string of the molecule is O=C1CCC(O)C2C1CC13SSC4(CC5C(O)CCC(O)C5N4C1=O)C(=O)N23. The highest BCUT2D eigenvalue weighted by atomic mass is 33.1. The molecule has 28 heavy (non-hydrogen) atoms. The number of hydrogen-bond donors (Lipinski definition) is 3. The van der Waals surface area contributed by atoms with E-state index in [0.717, 1.165) is 0 Å². The first kappa shape index (κ1) is 18.0. The molecule has 5 saturated heterocycles. The second-order valence-electron chi connectivity index (χ2n) is 9.03. The fourth-order valence-electron chi connectivity index (χ4n) is 6.56. The van der Waals surface area contributed by atoms with E-state index in [1.807, 2.05) is 0 Å². The van der Waals surface area contributed by atoms with Crippen LogP contribution in [0.4, 0.5) is 0 Å². The highest BCUT2D eigenvalue weighted by molar-refractivity contribution is 8.78. The molecule has 0 aromatic carbocycles. The average molecular weight is 427 g/mol. The van der Waals surface area contributed by atoms with Crippen molar-refractivity contribution in [3.8, 4) is 0 Å². The summed E-state index contributed by atoms with van der Waals surface area (Å²) in [7, 11) is 2.68. The molecule has 2 amide bonds. The van der Waals surface area contributed by atoms with Crippen LogP contribution in [-0.2, 0) is 14.4 Å². The molecule has 3 N–H and O–H groups in total. The van der Waals surface area contributed by atoms with E-state index in [-0.39, 0.29) is 36.4 Å². The summed E-state index contributed by atoms with van der Waals surface area (Å²) in [4.78, 5) is 40.8. The van der Waals surface area contributed by atoms with E-state index < -0.39 is 46.1 Å². The molecule has 5 heterocycles. The molecule has 9 unspecified atom stereocenters. The lowest BCUT2D eigenvalue weighted by Crippen LogP contribution is -2.77. The predicted octanol–water partition coefficient (Wildman–Crippen LogP) is -0.539. The molecule has 0 aromatic rings. The standard InChI is InChI=1S/C18H22N2O6S2/c21-9-1-3-11(23)13-7(9)5-17-15(25)20-14-8(10(22)2-4-12(14)24)6-18(20,28-27-17)16(26)19(13)17/h7-9,11-14,21,23-24H,1-6H2. The van der Waals surface area contributed by atoms with E-state index in [1.54, 1.807) is 4.90 Å². The predicted molar refractivity (Wildman–Crippen MR) is 99.6 cm³/mol. The maximum atomic E-state index is 13.8. The van der Waals surface area contributed by atoms with Gasteiger partial charge in [0.2, 0.25) is 0 Å². The van der Waals surface area contributed by atoms with Crippen LogP contribution in [0.1, 0.15) is 38.5 Å². The Balaban J connectivity index is 1.50. The number of hydrogen-bond acceptors (Lipinski definition) is 8. The van der Waals surface area contributed by atoms with Crippen LogP contribution in [0.3, 0.4) is 0 Å². The number of piperazine rings is 1. The topological polar surface area (TPSA) is 118 Å². The lowest BCUT2D eigenvalue weighted by molar-refractivity contribution is -0.171. The van der Waals surface area contributed by atoms with Gasteiger partial charge >= 0.3 is 0 Å². The van der Waals surface area contributed by atoms with E-state index >= 15 is 0 Å². The van der Waals surface area contributed by atoms with Crippen LogP contribution in [-0.4, -0.2) is 82.9 Å². The summed E-state index contributed by atoms with van der Waals surface area (Å²) in [5.41, 5.74) is 0. The molecule has 0 aromatic heterocycles. The molecule has 7 rings (SSSR count). The lowest BCUT2D eigenvalue weighted by Gasteiger charge is -2.59. The zero-order valence-electron chi connectivity index (χ0n) is 15.1. The summed E-state index contributed by atoms with van der Waals surface area (Å²) in [6.45, 7) is 0.